The molecule has 0 atom stereocenters. The van der Waals surface area contributed by atoms with Gasteiger partial charge in [-0.15, -0.1) is 0 Å². The van der Waals surface area contributed by atoms with Crippen LogP contribution < -0.4 is 11.5 Å². The number of hydrogen-bond donors (Lipinski definition) is 3. The van der Waals surface area contributed by atoms with E-state index in [0.29, 0.717) is 5.69 Å². The Kier molecular flexibility index (Phi) is 1.41. The summed E-state index contributed by atoms with van der Waals surface area (Å²) in [6.07, 6.45) is 0. The Balaban J connectivity index is 3.34. The lowest BCUT2D eigenvalue weighted by atomic mass is 10.1. The van der Waals surface area contributed by atoms with Crippen molar-refractivity contribution in [2.45, 2.75) is 6.92 Å². The number of benzene rings is 1. The molecule has 0 radical (unpaired) electrons. The number of nitrogens with two attached hydrogens (primary N) is 2. The topological polar surface area (TPSA) is 72.3 Å². The number of phenols is 1. The molecule has 0 aliphatic heterocycles. The summed E-state index contributed by atoms with van der Waals surface area (Å²) in [7, 11) is 0. The molecule has 0 heterocycles. The van der Waals surface area contributed by atoms with Gasteiger partial charge in [-0.2, -0.15) is 0 Å². The molecule has 0 saturated carbocycles. The fraction of sp³-hybridized carbons (Fsp3) is 0.143. The monoisotopic (exact) mass is 138 g/mol. The predicted molar refractivity (Wildman–Crippen MR) is 41.7 cm³/mol. The van der Waals surface area contributed by atoms with Crippen molar-refractivity contribution in [1.29, 1.82) is 0 Å². The van der Waals surface area contributed by atoms with Gasteiger partial charge in [-0.1, -0.05) is 6.07 Å². The summed E-state index contributed by atoms with van der Waals surface area (Å²) in [4.78, 5) is 0. The zero-order valence-electron chi connectivity index (χ0n) is 5.76. The minimum Gasteiger partial charge on any atom is -0.506 e. The van der Waals surface area contributed by atoms with Crippen molar-refractivity contribution < 1.29 is 5.11 Å². The maximum atomic E-state index is 9.02. The molecule has 0 bridgehead atoms. The molecule has 1 aromatic carbocycles. The first-order valence-electron chi connectivity index (χ1n) is 2.96. The number of anilines is 2. The van der Waals surface area contributed by atoms with E-state index in [9.17, 15) is 0 Å². The van der Waals surface area contributed by atoms with Crippen LogP contribution >= 0.6 is 0 Å². The molecule has 1 rings (SSSR count). The summed E-state index contributed by atoms with van der Waals surface area (Å²) in [5, 5.41) is 9.02. The van der Waals surface area contributed by atoms with Crippen molar-refractivity contribution in [3.63, 3.8) is 0 Å². The smallest absolute Gasteiger partial charge is 0.140 e. The van der Waals surface area contributed by atoms with Crippen LogP contribution in [0, 0.1) is 6.92 Å². The van der Waals surface area contributed by atoms with E-state index in [4.69, 9.17) is 16.6 Å². The first kappa shape index (κ1) is 6.74. The van der Waals surface area contributed by atoms with Gasteiger partial charge in [-0.05, 0) is 18.6 Å². The zero-order valence-corrected chi connectivity index (χ0v) is 5.76. The van der Waals surface area contributed by atoms with Crippen molar-refractivity contribution in [2.24, 2.45) is 0 Å². The molecular weight excluding hydrogens is 128 g/mol. The minimum atomic E-state index is 0.0445. The van der Waals surface area contributed by atoms with E-state index >= 15 is 0 Å². The number of aryl methyl sites for hydroxylation is 1. The van der Waals surface area contributed by atoms with Gasteiger partial charge in [-0.25, -0.2) is 0 Å². The van der Waals surface area contributed by atoms with Gasteiger partial charge in [0.05, 0.1) is 11.4 Å². The lowest BCUT2D eigenvalue weighted by Gasteiger charge is -2.04. The Morgan fingerprint density at radius 2 is 1.80 bits per heavy atom. The maximum absolute atomic E-state index is 9.02. The van der Waals surface area contributed by atoms with E-state index < -0.39 is 0 Å². The summed E-state index contributed by atoms with van der Waals surface area (Å²) in [5.74, 6) is 0.0445. The van der Waals surface area contributed by atoms with Gasteiger partial charge in [-0.3, -0.25) is 0 Å². The van der Waals surface area contributed by atoms with Crippen LogP contribution in [0.15, 0.2) is 12.1 Å². The SMILES string of the molecule is Cc1ccc(O)c(N)c1N. The van der Waals surface area contributed by atoms with Crippen LogP contribution in [0.2, 0.25) is 0 Å². The van der Waals surface area contributed by atoms with E-state index in [1.54, 1.807) is 6.07 Å². The van der Waals surface area contributed by atoms with Crippen LogP contribution in [0.1, 0.15) is 5.56 Å². The number of hydrogen-bond acceptors (Lipinski definition) is 3. The number of phenolic OH excluding ortho intramolecular Hbond substituents is 1. The second kappa shape index (κ2) is 2.10. The Morgan fingerprint density at radius 3 is 2.30 bits per heavy atom. The molecule has 0 aliphatic rings. The van der Waals surface area contributed by atoms with Crippen molar-refractivity contribution in [1.82, 2.24) is 0 Å². The molecule has 0 unspecified atom stereocenters. The van der Waals surface area contributed by atoms with Crippen LogP contribution in [0.5, 0.6) is 5.75 Å². The first-order valence-corrected chi connectivity index (χ1v) is 2.96. The third-order valence-corrected chi connectivity index (χ3v) is 1.48. The highest BCUT2D eigenvalue weighted by Crippen LogP contribution is 2.28. The third-order valence-electron chi connectivity index (χ3n) is 1.48. The molecular formula is C7H10N2O. The van der Waals surface area contributed by atoms with E-state index in [2.05, 4.69) is 0 Å². The van der Waals surface area contributed by atoms with Crippen molar-refractivity contribution in [3.8, 4) is 5.75 Å². The second-order valence-electron chi connectivity index (χ2n) is 2.23. The zero-order chi connectivity index (χ0) is 7.72. The Labute approximate surface area is 59.3 Å². The lowest BCUT2D eigenvalue weighted by Crippen LogP contribution is -1.96. The maximum Gasteiger partial charge on any atom is 0.140 e. The molecule has 54 valence electrons. The van der Waals surface area contributed by atoms with Gasteiger partial charge >= 0.3 is 0 Å². The van der Waals surface area contributed by atoms with E-state index in [0.717, 1.165) is 5.56 Å². The molecule has 0 spiro atoms. The van der Waals surface area contributed by atoms with Gasteiger partial charge < -0.3 is 16.6 Å². The summed E-state index contributed by atoms with van der Waals surface area (Å²) >= 11 is 0. The summed E-state index contributed by atoms with van der Waals surface area (Å²) in [6.45, 7) is 1.84. The minimum absolute atomic E-state index is 0.0445. The second-order valence-corrected chi connectivity index (χ2v) is 2.23. The predicted octanol–water partition coefficient (Wildman–Crippen LogP) is 0.865. The molecule has 1 aromatic rings. The molecule has 3 nitrogen and oxygen atoms in total. The first-order chi connectivity index (χ1) is 4.63. The largest absolute Gasteiger partial charge is 0.506 e. The molecule has 3 heteroatoms. The molecule has 0 amide bonds. The molecule has 0 saturated heterocycles. The molecule has 0 aliphatic carbocycles. The number of rotatable bonds is 0. The van der Waals surface area contributed by atoms with E-state index in [1.165, 1.54) is 6.07 Å². The van der Waals surface area contributed by atoms with Gasteiger partial charge in [0.15, 0.2) is 0 Å². The normalized spacial score (nSPS) is 9.70. The highest BCUT2D eigenvalue weighted by Gasteiger charge is 2.01. The average molecular weight is 138 g/mol. The quantitative estimate of drug-likeness (QED) is 0.368. The number of nitrogen functional groups attached to an aromatic ring is 2. The Hall–Kier alpha value is -1.38. The van der Waals surface area contributed by atoms with Crippen LogP contribution in [-0.4, -0.2) is 5.11 Å². The highest BCUT2D eigenvalue weighted by atomic mass is 16.3. The highest BCUT2D eigenvalue weighted by molar-refractivity contribution is 5.73. The van der Waals surface area contributed by atoms with Crippen LogP contribution in [-0.2, 0) is 0 Å². The van der Waals surface area contributed by atoms with E-state index in [-0.39, 0.29) is 11.4 Å². The Bertz CT molecular complexity index is 231. The molecule has 5 N–H and O–H groups in total. The lowest BCUT2D eigenvalue weighted by molar-refractivity contribution is 0.478. The van der Waals surface area contributed by atoms with Crippen LogP contribution in [0.4, 0.5) is 11.4 Å². The number of aromatic hydroxyl groups is 1. The summed E-state index contributed by atoms with van der Waals surface area (Å²) in [6, 6.07) is 3.25. The summed E-state index contributed by atoms with van der Waals surface area (Å²) in [5.41, 5.74) is 12.5. The van der Waals surface area contributed by atoms with Gasteiger partial charge in [0.25, 0.3) is 0 Å². The summed E-state index contributed by atoms with van der Waals surface area (Å²) < 4.78 is 0. The van der Waals surface area contributed by atoms with Crippen molar-refractivity contribution in [3.05, 3.63) is 17.7 Å². The molecule has 0 aromatic heterocycles. The third kappa shape index (κ3) is 0.857. The standard InChI is InChI=1S/C7H10N2O/c1-4-2-3-5(10)7(9)6(4)8/h2-3,10H,8-9H2,1H3. The van der Waals surface area contributed by atoms with Crippen molar-refractivity contribution >= 4 is 11.4 Å². The van der Waals surface area contributed by atoms with E-state index in [1.807, 2.05) is 6.92 Å². The van der Waals surface area contributed by atoms with Crippen molar-refractivity contribution in [2.75, 3.05) is 11.5 Å². The fourth-order valence-corrected chi connectivity index (χ4v) is 0.734. The molecule has 0 fully saturated rings. The average Bonchev–Trinajstić information content (AvgIpc) is 1.93. The van der Waals surface area contributed by atoms with Crippen LogP contribution in [0.3, 0.4) is 0 Å². The Morgan fingerprint density at radius 1 is 1.20 bits per heavy atom. The van der Waals surface area contributed by atoms with Gasteiger partial charge in [0.1, 0.15) is 5.75 Å². The van der Waals surface area contributed by atoms with Crippen LogP contribution in [0.25, 0.3) is 0 Å². The molecule has 10 heavy (non-hydrogen) atoms. The fourth-order valence-electron chi connectivity index (χ4n) is 0.734. The van der Waals surface area contributed by atoms with Gasteiger partial charge in [0, 0.05) is 0 Å². The van der Waals surface area contributed by atoms with Gasteiger partial charge in [0.2, 0.25) is 0 Å².